The molecule has 140 valence electrons. The van der Waals surface area contributed by atoms with Crippen molar-refractivity contribution in [2.45, 2.75) is 25.4 Å². The van der Waals surface area contributed by atoms with E-state index in [1.165, 1.54) is 11.8 Å². The van der Waals surface area contributed by atoms with E-state index in [9.17, 15) is 9.59 Å². The van der Waals surface area contributed by atoms with Gasteiger partial charge in [0.05, 0.1) is 19.0 Å². The van der Waals surface area contributed by atoms with Crippen molar-refractivity contribution in [2.24, 2.45) is 7.05 Å². The Bertz CT molecular complexity index is 746. The quantitative estimate of drug-likeness (QED) is 0.527. The number of anilines is 1. The Labute approximate surface area is 156 Å². The highest BCUT2D eigenvalue weighted by Crippen LogP contribution is 2.18. The number of carbonyl (C=O) groups excluding carboxylic acids is 2. The van der Waals surface area contributed by atoms with Gasteiger partial charge in [0, 0.05) is 12.7 Å². The predicted molar refractivity (Wildman–Crippen MR) is 98.3 cm³/mol. The highest BCUT2D eigenvalue weighted by molar-refractivity contribution is 7.99. The Morgan fingerprint density at radius 1 is 1.15 bits per heavy atom. The monoisotopic (exact) mass is 378 g/mol. The third-order valence-electron chi connectivity index (χ3n) is 3.31. The Morgan fingerprint density at radius 2 is 1.88 bits per heavy atom. The summed E-state index contributed by atoms with van der Waals surface area (Å²) >= 11 is 1.25. The van der Waals surface area contributed by atoms with Gasteiger partial charge in [0.15, 0.2) is 5.16 Å². The van der Waals surface area contributed by atoms with Crippen molar-refractivity contribution in [3.8, 4) is 5.75 Å². The maximum Gasteiger partial charge on any atom is 0.313 e. The van der Waals surface area contributed by atoms with Gasteiger partial charge in [0.2, 0.25) is 5.91 Å². The summed E-state index contributed by atoms with van der Waals surface area (Å²) in [6, 6.07) is 7.17. The first-order valence-electron chi connectivity index (χ1n) is 8.22. The van der Waals surface area contributed by atoms with Crippen molar-refractivity contribution in [3.05, 3.63) is 30.1 Å². The minimum absolute atomic E-state index is 0.0519. The lowest BCUT2D eigenvalue weighted by molar-refractivity contribution is -0.142. The van der Waals surface area contributed by atoms with Crippen molar-refractivity contribution < 1.29 is 19.1 Å². The summed E-state index contributed by atoms with van der Waals surface area (Å²) in [5, 5.41) is 11.4. The molecule has 1 aromatic heterocycles. The van der Waals surface area contributed by atoms with E-state index in [-0.39, 0.29) is 24.1 Å². The van der Waals surface area contributed by atoms with E-state index in [1.807, 2.05) is 6.92 Å². The van der Waals surface area contributed by atoms with Gasteiger partial charge in [-0.1, -0.05) is 11.8 Å². The number of carbonyl (C=O) groups is 2. The van der Waals surface area contributed by atoms with Crippen LogP contribution in [0.1, 0.15) is 19.7 Å². The number of thioether (sulfide) groups is 1. The van der Waals surface area contributed by atoms with Crippen LogP contribution in [0.4, 0.5) is 5.69 Å². The molecule has 1 N–H and O–H groups in total. The summed E-state index contributed by atoms with van der Waals surface area (Å²) in [6.07, 6.45) is 0.0519. The van der Waals surface area contributed by atoms with E-state index < -0.39 is 0 Å². The number of rotatable bonds is 9. The van der Waals surface area contributed by atoms with Crippen molar-refractivity contribution in [3.63, 3.8) is 0 Å². The average Bonchev–Trinajstić information content (AvgIpc) is 2.95. The molecule has 1 heterocycles. The number of nitrogens with zero attached hydrogens (tertiary/aromatic N) is 3. The van der Waals surface area contributed by atoms with Gasteiger partial charge < -0.3 is 19.4 Å². The molecule has 1 aromatic carbocycles. The van der Waals surface area contributed by atoms with Gasteiger partial charge in [-0.25, -0.2) is 0 Å². The molecule has 2 aromatic rings. The molecule has 9 heteroatoms. The first-order valence-corrected chi connectivity index (χ1v) is 9.21. The first-order chi connectivity index (χ1) is 12.5. The molecule has 0 bridgehead atoms. The zero-order valence-corrected chi connectivity index (χ0v) is 15.8. The molecule has 2 rings (SSSR count). The molecule has 0 unspecified atom stereocenters. The van der Waals surface area contributed by atoms with E-state index in [4.69, 9.17) is 9.47 Å². The Hall–Kier alpha value is -2.55. The number of hydrogen-bond donors (Lipinski definition) is 1. The molecule has 0 saturated heterocycles. The normalized spacial score (nSPS) is 10.4. The van der Waals surface area contributed by atoms with E-state index in [0.717, 1.165) is 5.75 Å². The fourth-order valence-electron chi connectivity index (χ4n) is 2.09. The largest absolute Gasteiger partial charge is 0.494 e. The predicted octanol–water partition coefficient (Wildman–Crippen LogP) is 2.05. The smallest absolute Gasteiger partial charge is 0.313 e. The topological polar surface area (TPSA) is 95.3 Å². The highest BCUT2D eigenvalue weighted by atomic mass is 32.2. The SMILES string of the molecule is CCOC(=O)Cc1nnc(SCC(=O)Nc2ccc(OCC)cc2)n1C. The maximum absolute atomic E-state index is 12.1. The van der Waals surface area contributed by atoms with Crippen LogP contribution in [0.5, 0.6) is 5.75 Å². The van der Waals surface area contributed by atoms with Gasteiger partial charge in [-0.3, -0.25) is 9.59 Å². The van der Waals surface area contributed by atoms with Crippen LogP contribution in [0.2, 0.25) is 0 Å². The molecule has 0 radical (unpaired) electrons. The van der Waals surface area contributed by atoms with E-state index in [0.29, 0.717) is 29.9 Å². The van der Waals surface area contributed by atoms with Gasteiger partial charge >= 0.3 is 5.97 Å². The number of aromatic nitrogens is 3. The van der Waals surface area contributed by atoms with Crippen LogP contribution in [0.3, 0.4) is 0 Å². The fraction of sp³-hybridized carbons (Fsp3) is 0.412. The van der Waals surface area contributed by atoms with E-state index in [1.54, 1.807) is 42.8 Å². The number of hydrogen-bond acceptors (Lipinski definition) is 7. The highest BCUT2D eigenvalue weighted by Gasteiger charge is 2.15. The lowest BCUT2D eigenvalue weighted by atomic mass is 10.3. The number of benzene rings is 1. The summed E-state index contributed by atoms with van der Waals surface area (Å²) in [6.45, 7) is 4.58. The minimum Gasteiger partial charge on any atom is -0.494 e. The van der Waals surface area contributed by atoms with E-state index in [2.05, 4.69) is 15.5 Å². The zero-order valence-electron chi connectivity index (χ0n) is 15.0. The molecular formula is C17H22N4O4S. The van der Waals surface area contributed by atoms with Crippen molar-refractivity contribution in [1.82, 2.24) is 14.8 Å². The third-order valence-corrected chi connectivity index (χ3v) is 4.33. The lowest BCUT2D eigenvalue weighted by Gasteiger charge is -2.07. The number of nitrogens with one attached hydrogen (secondary N) is 1. The molecule has 0 saturated carbocycles. The zero-order chi connectivity index (χ0) is 18.9. The van der Waals surface area contributed by atoms with Crippen molar-refractivity contribution >= 4 is 29.3 Å². The first kappa shape index (κ1) is 19.8. The summed E-state index contributed by atoms with van der Waals surface area (Å²) < 4.78 is 11.9. The van der Waals surface area contributed by atoms with Gasteiger partial charge in [0.1, 0.15) is 18.0 Å². The lowest BCUT2D eigenvalue weighted by Crippen LogP contribution is -2.15. The minimum atomic E-state index is -0.354. The summed E-state index contributed by atoms with van der Waals surface area (Å²) in [4.78, 5) is 23.6. The molecule has 26 heavy (non-hydrogen) atoms. The molecule has 0 aliphatic carbocycles. The summed E-state index contributed by atoms with van der Waals surface area (Å²) in [5.74, 6) is 0.923. The molecule has 0 fully saturated rings. The van der Waals surface area contributed by atoms with Gasteiger partial charge in [0.25, 0.3) is 0 Å². The van der Waals surface area contributed by atoms with Crippen LogP contribution in [0.25, 0.3) is 0 Å². The van der Waals surface area contributed by atoms with Gasteiger partial charge in [-0.05, 0) is 38.1 Å². The van der Waals surface area contributed by atoms with Crippen LogP contribution < -0.4 is 10.1 Å². The Kier molecular flexibility index (Phi) is 7.46. The van der Waals surface area contributed by atoms with Crippen molar-refractivity contribution in [1.29, 1.82) is 0 Å². The average molecular weight is 378 g/mol. The summed E-state index contributed by atoms with van der Waals surface area (Å²) in [5.41, 5.74) is 0.694. The van der Waals surface area contributed by atoms with E-state index >= 15 is 0 Å². The Morgan fingerprint density at radius 3 is 2.54 bits per heavy atom. The molecular weight excluding hydrogens is 356 g/mol. The Balaban J connectivity index is 1.85. The molecule has 0 aliphatic heterocycles. The second-order valence-corrected chi connectivity index (χ2v) is 6.18. The second-order valence-electron chi connectivity index (χ2n) is 5.23. The second kappa shape index (κ2) is 9.81. The number of amides is 1. The van der Waals surface area contributed by atoms with Gasteiger partial charge in [-0.2, -0.15) is 0 Å². The summed E-state index contributed by atoms with van der Waals surface area (Å²) in [7, 11) is 1.75. The molecule has 0 spiro atoms. The maximum atomic E-state index is 12.1. The molecule has 0 aliphatic rings. The third kappa shape index (κ3) is 5.76. The van der Waals surface area contributed by atoms with Crippen LogP contribution in [-0.4, -0.2) is 45.6 Å². The van der Waals surface area contributed by atoms with Crippen LogP contribution >= 0.6 is 11.8 Å². The molecule has 0 atom stereocenters. The fourth-order valence-corrected chi connectivity index (χ4v) is 2.82. The standard InChI is InChI=1S/C17H22N4O4S/c1-4-24-13-8-6-12(7-9-13)18-15(22)11-26-17-20-19-14(21(17)3)10-16(23)25-5-2/h6-9H,4-5,10-11H2,1-3H3,(H,18,22). The van der Waals surface area contributed by atoms with Gasteiger partial charge in [-0.15, -0.1) is 10.2 Å². The van der Waals surface area contributed by atoms with Crippen LogP contribution in [0.15, 0.2) is 29.4 Å². The number of ether oxygens (including phenoxy) is 2. The molecule has 1 amide bonds. The number of esters is 1. The van der Waals surface area contributed by atoms with Crippen LogP contribution in [-0.2, 0) is 27.8 Å². The van der Waals surface area contributed by atoms with Crippen LogP contribution in [0, 0.1) is 0 Å². The van der Waals surface area contributed by atoms with Crippen molar-refractivity contribution in [2.75, 3.05) is 24.3 Å². The molecule has 8 nitrogen and oxygen atoms in total.